The fraction of sp³-hybridized carbons (Fsp3) is 0.588. The highest BCUT2D eigenvalue weighted by molar-refractivity contribution is 5.32. The van der Waals surface area contributed by atoms with Crippen LogP contribution in [-0.4, -0.2) is 31.1 Å². The van der Waals surface area contributed by atoms with Crippen LogP contribution in [0.5, 0.6) is 0 Å². The van der Waals surface area contributed by atoms with Crippen LogP contribution in [0.15, 0.2) is 24.3 Å². The lowest BCUT2D eigenvalue weighted by molar-refractivity contribution is 0.174. The molecule has 0 aromatic heterocycles. The molecule has 2 rings (SSSR count). The molecule has 0 aliphatic carbocycles. The summed E-state index contributed by atoms with van der Waals surface area (Å²) in [6.45, 7) is 4.48. The van der Waals surface area contributed by atoms with Crippen LogP contribution in [-0.2, 0) is 0 Å². The summed E-state index contributed by atoms with van der Waals surface area (Å²) >= 11 is 0. The number of nitriles is 1. The highest BCUT2D eigenvalue weighted by atomic mass is 15.1. The van der Waals surface area contributed by atoms with E-state index in [1.807, 2.05) is 24.3 Å². The third kappa shape index (κ3) is 4.06. The van der Waals surface area contributed by atoms with E-state index in [0.29, 0.717) is 6.04 Å². The van der Waals surface area contributed by atoms with Crippen molar-refractivity contribution >= 4 is 0 Å². The lowest BCUT2D eigenvalue weighted by Crippen LogP contribution is -2.38. The average Bonchev–Trinajstić information content (AvgIpc) is 2.49. The summed E-state index contributed by atoms with van der Waals surface area (Å²) in [5.41, 5.74) is 1.98. The van der Waals surface area contributed by atoms with Gasteiger partial charge in [0, 0.05) is 12.1 Å². The maximum absolute atomic E-state index is 8.81. The molecule has 0 radical (unpaired) electrons. The van der Waals surface area contributed by atoms with Gasteiger partial charge in [-0.2, -0.15) is 5.26 Å². The second-order valence-corrected chi connectivity index (χ2v) is 5.83. The van der Waals surface area contributed by atoms with Crippen LogP contribution in [0.4, 0.5) is 0 Å². The predicted octanol–water partition coefficient (Wildman–Crippen LogP) is 3.08. The predicted molar refractivity (Wildman–Crippen MR) is 82.5 cm³/mol. The molecule has 1 N–H and O–H groups in total. The first-order valence-electron chi connectivity index (χ1n) is 7.64. The van der Waals surface area contributed by atoms with Crippen LogP contribution < -0.4 is 5.32 Å². The molecule has 108 valence electrons. The lowest BCUT2D eigenvalue weighted by Gasteiger charge is -2.32. The van der Waals surface area contributed by atoms with E-state index in [1.54, 1.807) is 0 Å². The minimum Gasteiger partial charge on any atom is -0.310 e. The molecule has 3 nitrogen and oxygen atoms in total. The first-order valence-corrected chi connectivity index (χ1v) is 7.64. The minimum absolute atomic E-state index is 0.344. The Bertz CT molecular complexity index is 446. The van der Waals surface area contributed by atoms with Crippen LogP contribution in [0.1, 0.15) is 49.8 Å². The molecule has 1 aromatic carbocycles. The molecule has 1 saturated heterocycles. The van der Waals surface area contributed by atoms with E-state index in [4.69, 9.17) is 5.26 Å². The first-order chi connectivity index (χ1) is 9.70. The summed E-state index contributed by atoms with van der Waals surface area (Å²) in [6, 6.07) is 11.1. The van der Waals surface area contributed by atoms with Crippen molar-refractivity contribution in [2.75, 3.05) is 20.1 Å². The van der Waals surface area contributed by atoms with Gasteiger partial charge in [-0.1, -0.05) is 18.6 Å². The van der Waals surface area contributed by atoms with Gasteiger partial charge in [-0.25, -0.2) is 0 Å². The van der Waals surface area contributed by atoms with E-state index in [2.05, 4.69) is 30.3 Å². The Morgan fingerprint density at radius 2 is 2.10 bits per heavy atom. The van der Waals surface area contributed by atoms with Gasteiger partial charge in [0.1, 0.15) is 0 Å². The number of hydrogen-bond acceptors (Lipinski definition) is 3. The monoisotopic (exact) mass is 271 g/mol. The van der Waals surface area contributed by atoms with E-state index >= 15 is 0 Å². The van der Waals surface area contributed by atoms with E-state index < -0.39 is 0 Å². The molecule has 0 saturated carbocycles. The van der Waals surface area contributed by atoms with Crippen LogP contribution in [0, 0.1) is 11.3 Å². The molecule has 0 amide bonds. The van der Waals surface area contributed by atoms with Crippen molar-refractivity contribution in [2.45, 2.75) is 44.7 Å². The molecule has 1 aliphatic rings. The number of hydrogen-bond donors (Lipinski definition) is 1. The number of benzene rings is 1. The van der Waals surface area contributed by atoms with Crippen molar-refractivity contribution in [3.05, 3.63) is 35.4 Å². The number of nitrogens with zero attached hydrogens (tertiary/aromatic N) is 2. The summed E-state index contributed by atoms with van der Waals surface area (Å²) in [4.78, 5) is 2.50. The molecule has 0 spiro atoms. The van der Waals surface area contributed by atoms with Crippen LogP contribution in [0.3, 0.4) is 0 Å². The van der Waals surface area contributed by atoms with E-state index in [-0.39, 0.29) is 0 Å². The summed E-state index contributed by atoms with van der Waals surface area (Å²) in [5, 5.41) is 12.4. The van der Waals surface area contributed by atoms with E-state index in [9.17, 15) is 0 Å². The number of rotatable bonds is 5. The zero-order valence-corrected chi connectivity index (χ0v) is 12.6. The Morgan fingerprint density at radius 1 is 1.35 bits per heavy atom. The highest BCUT2D eigenvalue weighted by Crippen LogP contribution is 2.18. The number of nitrogens with one attached hydrogen (secondary N) is 1. The van der Waals surface area contributed by atoms with Gasteiger partial charge in [0.2, 0.25) is 0 Å². The zero-order chi connectivity index (χ0) is 14.4. The second-order valence-electron chi connectivity index (χ2n) is 5.83. The third-order valence-corrected chi connectivity index (χ3v) is 4.39. The van der Waals surface area contributed by atoms with Crippen LogP contribution >= 0.6 is 0 Å². The molecule has 0 bridgehead atoms. The fourth-order valence-corrected chi connectivity index (χ4v) is 2.94. The maximum atomic E-state index is 8.81. The zero-order valence-electron chi connectivity index (χ0n) is 12.6. The molecule has 1 fully saturated rings. The molecule has 1 aliphatic heterocycles. The molecule has 1 heterocycles. The topological polar surface area (TPSA) is 39.1 Å². The SMILES string of the molecule is CC(NCCC1CCCCN1C)c1ccc(C#N)cc1. The summed E-state index contributed by atoms with van der Waals surface area (Å²) < 4.78 is 0. The minimum atomic E-state index is 0.344. The normalized spacial score (nSPS) is 21.4. The smallest absolute Gasteiger partial charge is 0.0991 e. The molecule has 3 heteroatoms. The van der Waals surface area contributed by atoms with Crippen molar-refractivity contribution in [3.63, 3.8) is 0 Å². The van der Waals surface area contributed by atoms with Gasteiger partial charge in [-0.05, 0) is 64.0 Å². The molecule has 1 aromatic rings. The van der Waals surface area contributed by atoms with Crippen LogP contribution in [0.25, 0.3) is 0 Å². The van der Waals surface area contributed by atoms with Crippen molar-refractivity contribution < 1.29 is 0 Å². The summed E-state index contributed by atoms with van der Waals surface area (Å²) in [6.07, 6.45) is 5.28. The van der Waals surface area contributed by atoms with Crippen LogP contribution in [0.2, 0.25) is 0 Å². The van der Waals surface area contributed by atoms with Crippen molar-refractivity contribution in [1.29, 1.82) is 5.26 Å². The van der Waals surface area contributed by atoms with Gasteiger partial charge in [-0.3, -0.25) is 0 Å². The Labute approximate surface area is 122 Å². The van der Waals surface area contributed by atoms with Gasteiger partial charge in [0.25, 0.3) is 0 Å². The summed E-state index contributed by atoms with van der Waals surface area (Å²) in [7, 11) is 2.24. The Kier molecular flexibility index (Phi) is 5.58. The van der Waals surface area contributed by atoms with Crippen molar-refractivity contribution in [1.82, 2.24) is 10.2 Å². The van der Waals surface area contributed by atoms with Gasteiger partial charge >= 0.3 is 0 Å². The third-order valence-electron chi connectivity index (χ3n) is 4.39. The Hall–Kier alpha value is -1.37. The Balaban J connectivity index is 1.76. The fourth-order valence-electron chi connectivity index (χ4n) is 2.94. The lowest BCUT2D eigenvalue weighted by atomic mass is 10.00. The highest BCUT2D eigenvalue weighted by Gasteiger charge is 2.18. The number of piperidine rings is 1. The molecule has 2 unspecified atom stereocenters. The molecule has 20 heavy (non-hydrogen) atoms. The van der Waals surface area contributed by atoms with Crippen molar-refractivity contribution in [3.8, 4) is 6.07 Å². The molecule has 2 atom stereocenters. The van der Waals surface area contributed by atoms with Gasteiger partial charge in [0.15, 0.2) is 0 Å². The molecular weight excluding hydrogens is 246 g/mol. The molecular formula is C17H25N3. The second kappa shape index (κ2) is 7.42. The van der Waals surface area contributed by atoms with Gasteiger partial charge in [0.05, 0.1) is 11.6 Å². The quantitative estimate of drug-likeness (QED) is 0.894. The maximum Gasteiger partial charge on any atom is 0.0991 e. The summed E-state index contributed by atoms with van der Waals surface area (Å²) in [5.74, 6) is 0. The largest absolute Gasteiger partial charge is 0.310 e. The van der Waals surface area contributed by atoms with E-state index in [1.165, 1.54) is 37.8 Å². The van der Waals surface area contributed by atoms with Gasteiger partial charge < -0.3 is 10.2 Å². The standard InChI is InChI=1S/C17H25N3/c1-14(16-8-6-15(13-18)7-9-16)19-11-10-17-5-3-4-12-20(17)2/h6-9,14,17,19H,3-5,10-12H2,1-2H3. The Morgan fingerprint density at radius 3 is 2.75 bits per heavy atom. The van der Waals surface area contributed by atoms with Crippen molar-refractivity contribution in [2.24, 2.45) is 0 Å². The average molecular weight is 271 g/mol. The van der Waals surface area contributed by atoms with E-state index in [0.717, 1.165) is 18.2 Å². The number of likely N-dealkylation sites (tertiary alicyclic amines) is 1. The van der Waals surface area contributed by atoms with Gasteiger partial charge in [-0.15, -0.1) is 0 Å². The first kappa shape index (κ1) is 15.0.